The minimum absolute atomic E-state index is 0.116. The zero-order chi connectivity index (χ0) is 15.9. The Bertz CT molecular complexity index is 664. The van der Waals surface area contributed by atoms with Crippen LogP contribution in [0.1, 0.15) is 19.0 Å². The summed E-state index contributed by atoms with van der Waals surface area (Å²) in [6, 6.07) is 4.68. The molecule has 0 spiro atoms. The van der Waals surface area contributed by atoms with Crippen molar-refractivity contribution in [2.75, 3.05) is 6.54 Å². The number of nitrogens with zero attached hydrogens (tertiary/aromatic N) is 2. The Kier molecular flexibility index (Phi) is 3.50. The van der Waals surface area contributed by atoms with Crippen LogP contribution in [0, 0.1) is 5.92 Å². The number of nitrogens with one attached hydrogen (secondary N) is 1. The fourth-order valence-electron chi connectivity index (χ4n) is 2.91. The Balaban J connectivity index is 1.95. The van der Waals surface area contributed by atoms with Gasteiger partial charge in [0.1, 0.15) is 5.71 Å². The fraction of sp³-hybridized carbons (Fsp3) is 0.400. The van der Waals surface area contributed by atoms with Crippen molar-refractivity contribution in [2.24, 2.45) is 10.9 Å². The first-order valence-electron chi connectivity index (χ1n) is 6.95. The zero-order valence-electron chi connectivity index (χ0n) is 11.8. The molecule has 3 rings (SSSR count). The van der Waals surface area contributed by atoms with Crippen molar-refractivity contribution in [2.45, 2.75) is 25.6 Å². The molecule has 0 aliphatic carbocycles. The predicted octanol–water partition coefficient (Wildman–Crippen LogP) is 2.27. The lowest BCUT2D eigenvalue weighted by molar-refractivity contribution is -0.141. The number of hydrogen-bond donors (Lipinski definition) is 1. The van der Waals surface area contributed by atoms with E-state index in [1.807, 2.05) is 0 Å². The third kappa shape index (κ3) is 2.63. The monoisotopic (exact) mass is 309 g/mol. The highest BCUT2D eigenvalue weighted by Gasteiger charge is 2.43. The zero-order valence-corrected chi connectivity index (χ0v) is 11.8. The summed E-state index contributed by atoms with van der Waals surface area (Å²) in [5, 5.41) is 2.91. The lowest BCUT2D eigenvalue weighted by Gasteiger charge is -2.21. The van der Waals surface area contributed by atoms with Gasteiger partial charge in [-0.15, -0.1) is 0 Å². The Hall–Kier alpha value is -2.18. The molecule has 22 heavy (non-hydrogen) atoms. The van der Waals surface area contributed by atoms with Crippen LogP contribution in [0.5, 0.6) is 0 Å². The lowest BCUT2D eigenvalue weighted by atomic mass is 9.87. The van der Waals surface area contributed by atoms with Crippen molar-refractivity contribution in [1.82, 2.24) is 10.3 Å². The average Bonchev–Trinajstić information content (AvgIpc) is 2.86. The molecule has 2 atom stereocenters. The van der Waals surface area contributed by atoms with E-state index in [9.17, 15) is 18.0 Å². The highest BCUT2D eigenvalue weighted by atomic mass is 19.4. The summed E-state index contributed by atoms with van der Waals surface area (Å²) >= 11 is 0. The normalized spacial score (nSPS) is 24.9. The minimum Gasteiger partial charge on any atom is -0.386 e. The topological polar surface area (TPSA) is 54.4 Å². The van der Waals surface area contributed by atoms with Crippen molar-refractivity contribution < 1.29 is 18.0 Å². The summed E-state index contributed by atoms with van der Waals surface area (Å²) in [5.41, 5.74) is 1.26. The SMILES string of the molecule is CC1N=C(c2ccccn2)C(=O)C2=C1NCC2CC(F)(F)F. The summed E-state index contributed by atoms with van der Waals surface area (Å²) in [5.74, 6) is -1.31. The van der Waals surface area contributed by atoms with Gasteiger partial charge in [0.05, 0.1) is 18.2 Å². The molecule has 2 aliphatic heterocycles. The number of pyridine rings is 1. The van der Waals surface area contributed by atoms with Crippen molar-refractivity contribution >= 4 is 11.5 Å². The minimum atomic E-state index is -4.31. The van der Waals surface area contributed by atoms with E-state index in [0.717, 1.165) is 0 Å². The third-order valence-corrected chi connectivity index (χ3v) is 3.82. The van der Waals surface area contributed by atoms with E-state index in [0.29, 0.717) is 11.4 Å². The highest BCUT2D eigenvalue weighted by molar-refractivity contribution is 6.51. The van der Waals surface area contributed by atoms with Crippen LogP contribution in [-0.4, -0.2) is 35.2 Å². The van der Waals surface area contributed by atoms with E-state index in [2.05, 4.69) is 15.3 Å². The molecule has 0 amide bonds. The summed E-state index contributed by atoms with van der Waals surface area (Å²) in [7, 11) is 0. The van der Waals surface area contributed by atoms with Crippen molar-refractivity contribution in [3.63, 3.8) is 0 Å². The van der Waals surface area contributed by atoms with Crippen LogP contribution in [0.25, 0.3) is 0 Å². The van der Waals surface area contributed by atoms with E-state index >= 15 is 0 Å². The van der Waals surface area contributed by atoms with E-state index in [1.54, 1.807) is 25.1 Å². The van der Waals surface area contributed by atoms with Crippen LogP contribution in [-0.2, 0) is 4.79 Å². The van der Waals surface area contributed by atoms with Gasteiger partial charge in [0.15, 0.2) is 0 Å². The van der Waals surface area contributed by atoms with Gasteiger partial charge >= 0.3 is 6.18 Å². The summed E-state index contributed by atoms with van der Waals surface area (Å²) in [6.45, 7) is 1.87. The lowest BCUT2D eigenvalue weighted by Crippen LogP contribution is -2.31. The standard InChI is InChI=1S/C15H14F3N3O/c1-8-12-11(9(7-20-12)6-15(16,17)18)14(22)13(21-8)10-4-2-3-5-19-10/h2-5,8-9,20H,6-7H2,1H3. The molecule has 3 heterocycles. The molecule has 116 valence electrons. The van der Waals surface area contributed by atoms with Gasteiger partial charge in [-0.25, -0.2) is 0 Å². The van der Waals surface area contributed by atoms with Crippen molar-refractivity contribution in [1.29, 1.82) is 0 Å². The number of Topliss-reactive ketones (excluding diaryl/α,β-unsaturated/α-hetero) is 1. The van der Waals surface area contributed by atoms with E-state index in [1.165, 1.54) is 6.20 Å². The number of carbonyl (C=O) groups excluding carboxylic acids is 1. The number of alkyl halides is 3. The molecule has 4 nitrogen and oxygen atoms in total. The molecule has 1 aromatic heterocycles. The molecule has 0 radical (unpaired) electrons. The van der Waals surface area contributed by atoms with Gasteiger partial charge in [-0.05, 0) is 19.1 Å². The van der Waals surface area contributed by atoms with E-state index < -0.39 is 24.3 Å². The molecule has 1 aromatic rings. The van der Waals surface area contributed by atoms with Gasteiger partial charge in [-0.2, -0.15) is 13.2 Å². The van der Waals surface area contributed by atoms with Gasteiger partial charge in [0.2, 0.25) is 5.78 Å². The number of rotatable bonds is 2. The second kappa shape index (κ2) is 5.23. The number of halogens is 3. The Morgan fingerprint density at radius 3 is 2.77 bits per heavy atom. The first-order chi connectivity index (χ1) is 10.4. The second-order valence-electron chi connectivity index (χ2n) is 5.42. The van der Waals surface area contributed by atoms with Crippen LogP contribution in [0.15, 0.2) is 40.7 Å². The van der Waals surface area contributed by atoms with Crippen molar-refractivity contribution in [3.8, 4) is 0 Å². The Labute approximate surface area is 125 Å². The summed E-state index contributed by atoms with van der Waals surface area (Å²) in [6.07, 6.45) is -3.79. The van der Waals surface area contributed by atoms with E-state index in [4.69, 9.17) is 0 Å². The molecule has 0 fully saturated rings. The molecule has 2 unspecified atom stereocenters. The number of carbonyl (C=O) groups is 1. The molecular formula is C15H14F3N3O. The van der Waals surface area contributed by atoms with Gasteiger partial charge in [-0.1, -0.05) is 6.07 Å². The molecule has 1 N–H and O–H groups in total. The fourth-order valence-corrected chi connectivity index (χ4v) is 2.91. The molecular weight excluding hydrogens is 295 g/mol. The molecule has 0 aromatic carbocycles. The second-order valence-corrected chi connectivity index (χ2v) is 5.42. The van der Waals surface area contributed by atoms with Gasteiger partial charge in [0.25, 0.3) is 0 Å². The van der Waals surface area contributed by atoms with Crippen LogP contribution in [0.3, 0.4) is 0 Å². The highest BCUT2D eigenvalue weighted by Crippen LogP contribution is 2.36. The van der Waals surface area contributed by atoms with Crippen molar-refractivity contribution in [3.05, 3.63) is 41.4 Å². The molecule has 0 saturated heterocycles. The number of aromatic nitrogens is 1. The first-order valence-corrected chi connectivity index (χ1v) is 6.95. The summed E-state index contributed by atoms with van der Waals surface area (Å²) < 4.78 is 38.1. The third-order valence-electron chi connectivity index (χ3n) is 3.82. The maximum Gasteiger partial charge on any atom is 0.389 e. The van der Waals surface area contributed by atoms with Gasteiger partial charge < -0.3 is 5.32 Å². The number of dihydropyridines is 1. The van der Waals surface area contributed by atoms with E-state index in [-0.39, 0.29) is 23.9 Å². The molecule has 2 aliphatic rings. The molecule has 0 saturated carbocycles. The molecule has 0 bridgehead atoms. The largest absolute Gasteiger partial charge is 0.389 e. The molecule has 7 heteroatoms. The van der Waals surface area contributed by atoms with Crippen LogP contribution >= 0.6 is 0 Å². The number of aliphatic imine (C=N–C) groups is 1. The predicted molar refractivity (Wildman–Crippen MR) is 74.4 cm³/mol. The Morgan fingerprint density at radius 1 is 1.36 bits per heavy atom. The van der Waals surface area contributed by atoms with Gasteiger partial charge in [0, 0.05) is 29.9 Å². The summed E-state index contributed by atoms with van der Waals surface area (Å²) in [4.78, 5) is 21.0. The smallest absolute Gasteiger partial charge is 0.386 e. The maximum absolute atomic E-state index is 12.7. The number of hydrogen-bond acceptors (Lipinski definition) is 4. The maximum atomic E-state index is 12.7. The average molecular weight is 309 g/mol. The number of ketones is 1. The first kappa shape index (κ1) is 14.7. The van der Waals surface area contributed by atoms with Crippen LogP contribution in [0.2, 0.25) is 0 Å². The van der Waals surface area contributed by atoms with Crippen LogP contribution in [0.4, 0.5) is 13.2 Å². The quantitative estimate of drug-likeness (QED) is 0.912. The van der Waals surface area contributed by atoms with Crippen LogP contribution < -0.4 is 5.32 Å². The Morgan fingerprint density at radius 2 is 2.14 bits per heavy atom. The van der Waals surface area contributed by atoms with Gasteiger partial charge in [-0.3, -0.25) is 14.8 Å².